The van der Waals surface area contributed by atoms with Crippen molar-refractivity contribution in [3.63, 3.8) is 0 Å². The molecule has 0 unspecified atom stereocenters. The fourth-order valence-corrected chi connectivity index (χ4v) is 3.97. The highest BCUT2D eigenvalue weighted by Crippen LogP contribution is 2.20. The first kappa shape index (κ1) is 20.8. The lowest BCUT2D eigenvalue weighted by atomic mass is 10.1. The summed E-state index contributed by atoms with van der Waals surface area (Å²) in [6.45, 7) is 7.46. The van der Waals surface area contributed by atoms with Crippen LogP contribution in [-0.4, -0.2) is 56.9 Å². The van der Waals surface area contributed by atoms with E-state index in [4.69, 9.17) is 0 Å². The number of benzene rings is 1. The van der Waals surface area contributed by atoms with Gasteiger partial charge in [0.05, 0.1) is 10.9 Å². The minimum absolute atomic E-state index is 0.00186. The van der Waals surface area contributed by atoms with Gasteiger partial charge >= 0.3 is 5.69 Å². The Morgan fingerprint density at radius 1 is 1.00 bits per heavy atom. The predicted octanol–water partition coefficient (Wildman–Crippen LogP) is 1.21. The van der Waals surface area contributed by atoms with Crippen LogP contribution in [0.2, 0.25) is 0 Å². The zero-order chi connectivity index (χ0) is 21.1. The lowest BCUT2D eigenvalue weighted by Crippen LogP contribution is -2.53. The molecule has 0 spiro atoms. The van der Waals surface area contributed by atoms with Crippen molar-refractivity contribution in [1.29, 1.82) is 0 Å². The van der Waals surface area contributed by atoms with E-state index in [1.165, 1.54) is 16.1 Å². The molecule has 156 valence electrons. The molecule has 0 bridgehead atoms. The first-order chi connectivity index (χ1) is 13.9. The second-order valence-corrected chi connectivity index (χ2v) is 7.38. The number of amides is 2. The molecule has 2 aromatic rings. The van der Waals surface area contributed by atoms with Crippen molar-refractivity contribution in [3.8, 4) is 0 Å². The van der Waals surface area contributed by atoms with Crippen LogP contribution in [0.1, 0.15) is 39.7 Å². The summed E-state index contributed by atoms with van der Waals surface area (Å²) >= 11 is 0. The largest absolute Gasteiger partial charge is 0.339 e. The molecule has 2 amide bonds. The molecule has 1 saturated heterocycles. The number of hydrogen-bond donors (Lipinski definition) is 0. The van der Waals surface area contributed by atoms with Crippen molar-refractivity contribution >= 4 is 22.7 Å². The second-order valence-electron chi connectivity index (χ2n) is 7.38. The summed E-state index contributed by atoms with van der Waals surface area (Å²) in [5.41, 5.74) is -0.281. The van der Waals surface area contributed by atoms with E-state index < -0.39 is 11.7 Å². The molecule has 1 fully saturated rings. The smallest absolute Gasteiger partial charge is 0.332 e. The minimum Gasteiger partial charge on any atom is -0.339 e. The van der Waals surface area contributed by atoms with Crippen LogP contribution in [0.5, 0.6) is 0 Å². The number of hydrogen-bond acceptors (Lipinski definition) is 4. The normalized spacial score (nSPS) is 15.6. The number of piperazine rings is 1. The average molecular weight is 400 g/mol. The molecule has 3 rings (SSSR count). The first-order valence-electron chi connectivity index (χ1n) is 10.2. The van der Waals surface area contributed by atoms with Gasteiger partial charge in [-0.3, -0.25) is 23.5 Å². The molecule has 1 aliphatic rings. The van der Waals surface area contributed by atoms with Crippen molar-refractivity contribution in [1.82, 2.24) is 18.9 Å². The molecule has 0 N–H and O–H groups in total. The van der Waals surface area contributed by atoms with Crippen LogP contribution in [0, 0.1) is 0 Å². The third-order valence-corrected chi connectivity index (χ3v) is 5.54. The van der Waals surface area contributed by atoms with Crippen LogP contribution in [0.3, 0.4) is 0 Å². The maximum atomic E-state index is 13.3. The molecule has 0 radical (unpaired) electrons. The number of aromatic nitrogens is 2. The van der Waals surface area contributed by atoms with Gasteiger partial charge in [0.25, 0.3) is 5.56 Å². The lowest BCUT2D eigenvalue weighted by molar-refractivity contribution is -0.140. The molecule has 1 atom stereocenters. The van der Waals surface area contributed by atoms with E-state index in [0.717, 1.165) is 0 Å². The Balaban J connectivity index is 2.06. The van der Waals surface area contributed by atoms with Gasteiger partial charge in [0.1, 0.15) is 6.04 Å². The fourth-order valence-electron chi connectivity index (χ4n) is 3.97. The first-order valence-corrected chi connectivity index (χ1v) is 10.2. The zero-order valence-electron chi connectivity index (χ0n) is 17.3. The van der Waals surface area contributed by atoms with E-state index >= 15 is 0 Å². The summed E-state index contributed by atoms with van der Waals surface area (Å²) in [5, 5.41) is 0.438. The quantitative estimate of drug-likeness (QED) is 0.755. The highest BCUT2D eigenvalue weighted by molar-refractivity contribution is 5.85. The van der Waals surface area contributed by atoms with Gasteiger partial charge in [-0.15, -0.1) is 0 Å². The van der Waals surface area contributed by atoms with Crippen molar-refractivity contribution in [3.05, 3.63) is 45.1 Å². The van der Waals surface area contributed by atoms with E-state index in [1.54, 1.807) is 34.1 Å². The molecule has 2 heterocycles. The highest BCUT2D eigenvalue weighted by atomic mass is 16.2. The molecule has 0 aliphatic carbocycles. The molecule has 8 heteroatoms. The van der Waals surface area contributed by atoms with E-state index in [9.17, 15) is 19.2 Å². The van der Waals surface area contributed by atoms with Gasteiger partial charge in [-0.05, 0) is 25.0 Å². The summed E-state index contributed by atoms with van der Waals surface area (Å²) in [6.07, 6.45) is 1.07. The molecular formula is C21H28N4O4. The minimum atomic E-state index is -0.694. The third kappa shape index (κ3) is 3.83. The molecule has 1 aromatic carbocycles. The molecular weight excluding hydrogens is 372 g/mol. The number of rotatable bonds is 5. The summed E-state index contributed by atoms with van der Waals surface area (Å²) < 4.78 is 2.71. The number of nitrogens with zero attached hydrogens (tertiary/aromatic N) is 4. The summed E-state index contributed by atoms with van der Waals surface area (Å²) in [7, 11) is 0. The monoisotopic (exact) mass is 400 g/mol. The molecule has 1 aliphatic heterocycles. The van der Waals surface area contributed by atoms with Gasteiger partial charge in [-0.2, -0.15) is 0 Å². The van der Waals surface area contributed by atoms with Crippen LogP contribution in [0.15, 0.2) is 33.9 Å². The topological polar surface area (TPSA) is 84.6 Å². The Morgan fingerprint density at radius 2 is 1.62 bits per heavy atom. The Bertz CT molecular complexity index is 1030. The summed E-state index contributed by atoms with van der Waals surface area (Å²) in [5.74, 6) is -0.150. The third-order valence-electron chi connectivity index (χ3n) is 5.54. The van der Waals surface area contributed by atoms with Gasteiger partial charge in [0.15, 0.2) is 0 Å². The number of carbonyl (C=O) groups excluding carboxylic acids is 2. The average Bonchev–Trinajstić information content (AvgIpc) is 2.73. The molecule has 0 saturated carbocycles. The van der Waals surface area contributed by atoms with Crippen LogP contribution in [-0.2, 0) is 16.1 Å². The summed E-state index contributed by atoms with van der Waals surface area (Å²) in [4.78, 5) is 54.3. The predicted molar refractivity (Wildman–Crippen MR) is 111 cm³/mol. The Morgan fingerprint density at radius 3 is 2.21 bits per heavy atom. The SMILES string of the molecule is CCCn1c(=O)c2ccccc2n([C@@H](CC)C(=O)N2CCN(C(C)=O)CC2)c1=O. The molecule has 1 aromatic heterocycles. The van der Waals surface area contributed by atoms with Crippen LogP contribution in [0.25, 0.3) is 10.9 Å². The van der Waals surface area contributed by atoms with Gasteiger partial charge in [0.2, 0.25) is 11.8 Å². The Kier molecular flexibility index (Phi) is 6.20. The van der Waals surface area contributed by atoms with Crippen molar-refractivity contribution in [2.45, 2.75) is 46.2 Å². The number of fused-ring (bicyclic) bond motifs is 1. The number of para-hydroxylation sites is 1. The standard InChI is InChI=1S/C21H28N4O4/c1-4-10-24-19(27)16-8-6-7-9-18(16)25(21(24)29)17(5-2)20(28)23-13-11-22(12-14-23)15(3)26/h6-9,17H,4-5,10-14H2,1-3H3/t17-/m0/s1. The van der Waals surface area contributed by atoms with Crippen molar-refractivity contribution in [2.75, 3.05) is 26.2 Å². The molecule has 29 heavy (non-hydrogen) atoms. The van der Waals surface area contributed by atoms with Crippen molar-refractivity contribution in [2.24, 2.45) is 0 Å². The fraction of sp³-hybridized carbons (Fsp3) is 0.524. The Labute approximate surface area is 169 Å². The van der Waals surface area contributed by atoms with Crippen LogP contribution >= 0.6 is 0 Å². The van der Waals surface area contributed by atoms with E-state index in [2.05, 4.69) is 0 Å². The van der Waals surface area contributed by atoms with E-state index in [1.807, 2.05) is 13.8 Å². The second kappa shape index (κ2) is 8.63. The van der Waals surface area contributed by atoms with Gasteiger partial charge in [-0.25, -0.2) is 4.79 Å². The van der Waals surface area contributed by atoms with Crippen LogP contribution < -0.4 is 11.2 Å². The van der Waals surface area contributed by atoms with E-state index in [0.29, 0.717) is 56.5 Å². The van der Waals surface area contributed by atoms with Crippen molar-refractivity contribution < 1.29 is 9.59 Å². The molecule has 8 nitrogen and oxygen atoms in total. The zero-order valence-corrected chi connectivity index (χ0v) is 17.3. The van der Waals surface area contributed by atoms with Gasteiger partial charge in [0, 0.05) is 39.6 Å². The Hall–Kier alpha value is -2.90. The maximum absolute atomic E-state index is 13.3. The van der Waals surface area contributed by atoms with E-state index in [-0.39, 0.29) is 17.4 Å². The lowest BCUT2D eigenvalue weighted by Gasteiger charge is -2.36. The van der Waals surface area contributed by atoms with Gasteiger partial charge in [-0.1, -0.05) is 26.0 Å². The highest BCUT2D eigenvalue weighted by Gasteiger charge is 2.30. The summed E-state index contributed by atoms with van der Waals surface area (Å²) in [6, 6.07) is 6.25. The van der Waals surface area contributed by atoms with Crippen LogP contribution in [0.4, 0.5) is 0 Å². The van der Waals surface area contributed by atoms with Gasteiger partial charge < -0.3 is 9.80 Å². The maximum Gasteiger partial charge on any atom is 0.332 e. The number of carbonyl (C=O) groups is 2.